The molecule has 7 nitrogen and oxygen atoms in total. The number of fused-ring (bicyclic) bond motifs is 1. The second kappa shape index (κ2) is 6.12. The van der Waals surface area contributed by atoms with Crippen molar-refractivity contribution in [3.63, 3.8) is 0 Å². The maximum absolute atomic E-state index is 13.4. The zero-order valence-corrected chi connectivity index (χ0v) is 13.8. The maximum atomic E-state index is 13.4. The van der Waals surface area contributed by atoms with Gasteiger partial charge in [0, 0.05) is 50.7 Å². The molecule has 1 aliphatic heterocycles. The number of aryl methyl sites for hydroxylation is 1. The molecule has 1 saturated heterocycles. The fraction of sp³-hybridized carbons (Fsp3) is 0.294. The summed E-state index contributed by atoms with van der Waals surface area (Å²) in [5, 5.41) is 4.91. The van der Waals surface area contributed by atoms with E-state index < -0.39 is 0 Å². The van der Waals surface area contributed by atoms with Crippen LogP contribution in [-0.2, 0) is 7.05 Å². The Morgan fingerprint density at radius 2 is 1.80 bits per heavy atom. The SMILES string of the molecule is Cn1ncc(N2CCN(c3ncnc4cc(F)ccc34)CC2)cc1=O. The first-order valence-electron chi connectivity index (χ1n) is 8.05. The van der Waals surface area contributed by atoms with E-state index in [9.17, 15) is 9.18 Å². The minimum atomic E-state index is -0.305. The van der Waals surface area contributed by atoms with Crippen LogP contribution in [0.15, 0.2) is 41.6 Å². The molecule has 0 radical (unpaired) electrons. The van der Waals surface area contributed by atoms with Crippen molar-refractivity contribution in [2.24, 2.45) is 7.05 Å². The number of anilines is 2. The third kappa shape index (κ3) is 2.90. The average molecular weight is 340 g/mol. The summed E-state index contributed by atoms with van der Waals surface area (Å²) in [5.41, 5.74) is 1.31. The highest BCUT2D eigenvalue weighted by atomic mass is 19.1. The van der Waals surface area contributed by atoms with Crippen LogP contribution in [0.5, 0.6) is 0 Å². The molecule has 0 atom stereocenters. The van der Waals surface area contributed by atoms with E-state index in [1.165, 1.54) is 23.1 Å². The van der Waals surface area contributed by atoms with Crippen LogP contribution < -0.4 is 15.4 Å². The lowest BCUT2D eigenvalue weighted by Gasteiger charge is -2.36. The van der Waals surface area contributed by atoms with Crippen LogP contribution in [0, 0.1) is 5.82 Å². The van der Waals surface area contributed by atoms with Crippen molar-refractivity contribution >= 4 is 22.4 Å². The highest BCUT2D eigenvalue weighted by molar-refractivity contribution is 5.89. The van der Waals surface area contributed by atoms with Crippen molar-refractivity contribution in [3.05, 3.63) is 53.0 Å². The van der Waals surface area contributed by atoms with Crippen LogP contribution in [0.25, 0.3) is 10.9 Å². The number of hydrogen-bond donors (Lipinski definition) is 0. The van der Waals surface area contributed by atoms with Gasteiger partial charge in [-0.1, -0.05) is 0 Å². The van der Waals surface area contributed by atoms with Gasteiger partial charge in [-0.05, 0) is 12.1 Å². The summed E-state index contributed by atoms with van der Waals surface area (Å²) in [7, 11) is 1.63. The van der Waals surface area contributed by atoms with E-state index >= 15 is 0 Å². The summed E-state index contributed by atoms with van der Waals surface area (Å²) in [4.78, 5) is 24.6. The van der Waals surface area contributed by atoms with Crippen molar-refractivity contribution in [2.45, 2.75) is 0 Å². The molecule has 0 unspecified atom stereocenters. The molecule has 0 saturated carbocycles. The van der Waals surface area contributed by atoms with E-state index in [0.29, 0.717) is 5.52 Å². The molecule has 3 aromatic rings. The Labute approximate surface area is 143 Å². The summed E-state index contributed by atoms with van der Waals surface area (Å²) >= 11 is 0. The zero-order valence-electron chi connectivity index (χ0n) is 13.8. The van der Waals surface area contributed by atoms with Crippen molar-refractivity contribution < 1.29 is 4.39 Å². The third-order valence-corrected chi connectivity index (χ3v) is 4.48. The molecule has 4 rings (SSSR count). The molecule has 1 aromatic carbocycles. The summed E-state index contributed by atoms with van der Waals surface area (Å²) in [6.45, 7) is 3.00. The Morgan fingerprint density at radius 1 is 1.04 bits per heavy atom. The van der Waals surface area contributed by atoms with E-state index in [1.807, 2.05) is 0 Å². The molecule has 2 aromatic heterocycles. The lowest BCUT2D eigenvalue weighted by molar-refractivity contribution is 0.628. The van der Waals surface area contributed by atoms with Gasteiger partial charge in [0.15, 0.2) is 0 Å². The molecule has 1 fully saturated rings. The highest BCUT2D eigenvalue weighted by Gasteiger charge is 2.20. The topological polar surface area (TPSA) is 67.2 Å². The van der Waals surface area contributed by atoms with Crippen molar-refractivity contribution in [1.29, 1.82) is 0 Å². The van der Waals surface area contributed by atoms with Gasteiger partial charge in [-0.15, -0.1) is 0 Å². The predicted octanol–water partition coefficient (Wildman–Crippen LogP) is 1.19. The van der Waals surface area contributed by atoms with Gasteiger partial charge in [0.05, 0.1) is 17.4 Å². The number of benzene rings is 1. The van der Waals surface area contributed by atoms with Gasteiger partial charge in [-0.2, -0.15) is 5.10 Å². The Kier molecular flexibility index (Phi) is 3.79. The molecule has 3 heterocycles. The number of halogens is 1. The molecule has 0 bridgehead atoms. The van der Waals surface area contributed by atoms with Gasteiger partial charge < -0.3 is 9.80 Å². The third-order valence-electron chi connectivity index (χ3n) is 4.48. The van der Waals surface area contributed by atoms with Crippen LogP contribution in [0.4, 0.5) is 15.9 Å². The van der Waals surface area contributed by atoms with E-state index in [4.69, 9.17) is 0 Å². The van der Waals surface area contributed by atoms with E-state index in [0.717, 1.165) is 43.1 Å². The second-order valence-corrected chi connectivity index (χ2v) is 6.01. The van der Waals surface area contributed by atoms with Crippen molar-refractivity contribution in [3.8, 4) is 0 Å². The fourth-order valence-corrected chi connectivity index (χ4v) is 3.08. The monoisotopic (exact) mass is 340 g/mol. The van der Waals surface area contributed by atoms with Gasteiger partial charge >= 0.3 is 0 Å². The van der Waals surface area contributed by atoms with Gasteiger partial charge in [-0.3, -0.25) is 4.79 Å². The minimum Gasteiger partial charge on any atom is -0.367 e. The highest BCUT2D eigenvalue weighted by Crippen LogP contribution is 2.25. The minimum absolute atomic E-state index is 0.122. The molecule has 8 heteroatoms. The van der Waals surface area contributed by atoms with E-state index in [-0.39, 0.29) is 11.4 Å². The number of piperazine rings is 1. The smallest absolute Gasteiger partial charge is 0.268 e. The van der Waals surface area contributed by atoms with Crippen LogP contribution >= 0.6 is 0 Å². The summed E-state index contributed by atoms with van der Waals surface area (Å²) < 4.78 is 14.7. The lowest BCUT2D eigenvalue weighted by atomic mass is 10.2. The molecule has 0 spiro atoms. The fourth-order valence-electron chi connectivity index (χ4n) is 3.08. The summed E-state index contributed by atoms with van der Waals surface area (Å²) in [5.74, 6) is 0.506. The van der Waals surface area contributed by atoms with Crippen LogP contribution in [-0.4, -0.2) is 45.9 Å². The van der Waals surface area contributed by atoms with Crippen molar-refractivity contribution in [1.82, 2.24) is 19.7 Å². The van der Waals surface area contributed by atoms with Crippen molar-refractivity contribution in [2.75, 3.05) is 36.0 Å². The molecule has 0 N–H and O–H groups in total. The quantitative estimate of drug-likeness (QED) is 0.698. The first-order valence-corrected chi connectivity index (χ1v) is 8.05. The predicted molar refractivity (Wildman–Crippen MR) is 93.4 cm³/mol. The van der Waals surface area contributed by atoms with Crippen LogP contribution in [0.2, 0.25) is 0 Å². The average Bonchev–Trinajstić information content (AvgIpc) is 2.63. The van der Waals surface area contributed by atoms with E-state index in [1.54, 1.807) is 25.4 Å². The standard InChI is InChI=1S/C17H17FN6O/c1-22-16(25)9-13(10-21-22)23-4-6-24(7-5-23)17-14-3-2-12(18)8-15(14)19-11-20-17/h2-3,8-11H,4-7H2,1H3. The van der Waals surface area contributed by atoms with Crippen LogP contribution in [0.1, 0.15) is 0 Å². The summed E-state index contributed by atoms with van der Waals surface area (Å²) in [6.07, 6.45) is 3.17. The Balaban J connectivity index is 1.56. The second-order valence-electron chi connectivity index (χ2n) is 6.01. The van der Waals surface area contributed by atoms with Gasteiger partial charge in [0.2, 0.25) is 0 Å². The Morgan fingerprint density at radius 3 is 2.56 bits per heavy atom. The van der Waals surface area contributed by atoms with Crippen LogP contribution in [0.3, 0.4) is 0 Å². The lowest BCUT2D eigenvalue weighted by Crippen LogP contribution is -2.47. The van der Waals surface area contributed by atoms with Gasteiger partial charge in [-0.25, -0.2) is 19.0 Å². The Bertz CT molecular complexity index is 980. The van der Waals surface area contributed by atoms with Gasteiger partial charge in [0.25, 0.3) is 5.56 Å². The van der Waals surface area contributed by atoms with Gasteiger partial charge in [0.1, 0.15) is 18.0 Å². The molecular formula is C17H17FN6O. The normalized spacial score (nSPS) is 15.0. The summed E-state index contributed by atoms with van der Waals surface area (Å²) in [6, 6.07) is 6.17. The molecule has 1 aliphatic rings. The number of rotatable bonds is 2. The Hall–Kier alpha value is -3.03. The largest absolute Gasteiger partial charge is 0.367 e. The number of nitrogens with zero attached hydrogens (tertiary/aromatic N) is 6. The number of hydrogen-bond acceptors (Lipinski definition) is 6. The maximum Gasteiger partial charge on any atom is 0.268 e. The molecular weight excluding hydrogens is 323 g/mol. The first kappa shape index (κ1) is 15.5. The number of aromatic nitrogens is 4. The molecule has 0 aliphatic carbocycles. The molecule has 0 amide bonds. The first-order chi connectivity index (χ1) is 12.1. The molecule has 25 heavy (non-hydrogen) atoms. The molecule has 128 valence electrons. The van der Waals surface area contributed by atoms with E-state index in [2.05, 4.69) is 24.9 Å². The zero-order chi connectivity index (χ0) is 17.4.